The van der Waals surface area contributed by atoms with E-state index in [0.29, 0.717) is 34.9 Å². The van der Waals surface area contributed by atoms with Crippen molar-refractivity contribution < 1.29 is 14.6 Å². The molecule has 4 N–H and O–H groups in total. The largest absolute Gasteiger partial charge is 0.508 e. The molecule has 9 heteroatoms. The summed E-state index contributed by atoms with van der Waals surface area (Å²) < 4.78 is 15.5. The number of phenols is 1. The molecular formula is C21H29FN6O2. The molecule has 0 aliphatic carbocycles. The van der Waals surface area contributed by atoms with Gasteiger partial charge in [0, 0.05) is 18.7 Å². The molecule has 3 aromatic rings. The highest BCUT2D eigenvalue weighted by Gasteiger charge is 2.16. The molecule has 0 saturated heterocycles. The van der Waals surface area contributed by atoms with E-state index < -0.39 is 5.82 Å². The zero-order valence-corrected chi connectivity index (χ0v) is 17.4. The molecule has 2 heterocycles. The summed E-state index contributed by atoms with van der Waals surface area (Å²) in [5, 5.41) is 25.8. The van der Waals surface area contributed by atoms with Crippen LogP contribution in [0.2, 0.25) is 0 Å². The number of imidazole rings is 1. The van der Waals surface area contributed by atoms with E-state index in [1.54, 1.807) is 6.33 Å². The maximum atomic E-state index is 13.5. The molecule has 0 bridgehead atoms. The topological polar surface area (TPSA) is 108 Å². The summed E-state index contributed by atoms with van der Waals surface area (Å²) in [6, 6.07) is 3.65. The minimum Gasteiger partial charge on any atom is -0.508 e. The number of benzene rings is 1. The fourth-order valence-corrected chi connectivity index (χ4v) is 3.16. The van der Waals surface area contributed by atoms with E-state index in [2.05, 4.69) is 32.5 Å². The fraction of sp³-hybridized carbons (Fsp3) is 0.476. The molecule has 0 spiro atoms. The van der Waals surface area contributed by atoms with Crippen molar-refractivity contribution in [2.75, 3.05) is 17.2 Å². The Morgan fingerprint density at radius 1 is 1.20 bits per heavy atom. The van der Waals surface area contributed by atoms with Crippen LogP contribution in [0.1, 0.15) is 45.1 Å². The number of anilines is 2. The highest BCUT2D eigenvalue weighted by atomic mass is 19.1. The van der Waals surface area contributed by atoms with Crippen LogP contribution in [0.4, 0.5) is 16.2 Å². The monoisotopic (exact) mass is 416 g/mol. The van der Waals surface area contributed by atoms with Gasteiger partial charge in [-0.25, -0.2) is 9.37 Å². The van der Waals surface area contributed by atoms with E-state index >= 15 is 0 Å². The van der Waals surface area contributed by atoms with Gasteiger partial charge in [-0.1, -0.05) is 26.7 Å². The lowest BCUT2D eigenvalue weighted by Crippen LogP contribution is -2.24. The SMILES string of the molecule is CCCCCn1cnc2c(NCc3cc(F)ccc3O)nc(NC(CC)CO)nc21. The number of nitrogens with one attached hydrogen (secondary N) is 2. The van der Waals surface area contributed by atoms with E-state index in [4.69, 9.17) is 0 Å². The third-order valence-corrected chi connectivity index (χ3v) is 5.00. The van der Waals surface area contributed by atoms with Crippen LogP contribution in [0.3, 0.4) is 0 Å². The van der Waals surface area contributed by atoms with Crippen molar-refractivity contribution >= 4 is 22.9 Å². The van der Waals surface area contributed by atoms with E-state index in [1.165, 1.54) is 18.2 Å². The number of unbranched alkanes of at least 4 members (excludes halogenated alkanes) is 2. The third kappa shape index (κ3) is 5.15. The standard InChI is InChI=1S/C21H29FN6O2/c1-3-5-6-9-28-13-24-18-19(23-11-14-10-15(22)7-8-17(14)30)26-21(27-20(18)28)25-16(4-2)12-29/h7-8,10,13,16,29-30H,3-6,9,11-12H2,1-2H3,(H2,23,25,26,27). The van der Waals surface area contributed by atoms with Gasteiger partial charge in [-0.2, -0.15) is 9.97 Å². The zero-order chi connectivity index (χ0) is 21.5. The molecule has 30 heavy (non-hydrogen) atoms. The minimum absolute atomic E-state index is 0.00368. The van der Waals surface area contributed by atoms with Crippen LogP contribution in [0.25, 0.3) is 11.2 Å². The van der Waals surface area contributed by atoms with Crippen LogP contribution < -0.4 is 10.6 Å². The van der Waals surface area contributed by atoms with Crippen molar-refractivity contribution in [3.8, 4) is 5.75 Å². The van der Waals surface area contributed by atoms with Crippen LogP contribution in [0, 0.1) is 5.82 Å². The summed E-state index contributed by atoms with van der Waals surface area (Å²) in [4.78, 5) is 13.6. The molecule has 2 aromatic heterocycles. The number of aliphatic hydroxyl groups excluding tert-OH is 1. The fourth-order valence-electron chi connectivity index (χ4n) is 3.16. The number of aliphatic hydroxyl groups is 1. The second kappa shape index (κ2) is 10.2. The number of halogens is 1. The Balaban J connectivity index is 1.92. The van der Waals surface area contributed by atoms with Crippen molar-refractivity contribution in [2.45, 2.75) is 58.7 Å². The Morgan fingerprint density at radius 2 is 2.03 bits per heavy atom. The van der Waals surface area contributed by atoms with Gasteiger partial charge in [0.1, 0.15) is 11.6 Å². The number of phenolic OH excluding ortho intramolecular Hbond substituents is 1. The normalized spacial score (nSPS) is 12.3. The maximum absolute atomic E-state index is 13.5. The maximum Gasteiger partial charge on any atom is 0.227 e. The van der Waals surface area contributed by atoms with Crippen LogP contribution in [0.15, 0.2) is 24.5 Å². The van der Waals surface area contributed by atoms with E-state index in [-0.39, 0.29) is 24.9 Å². The average Bonchev–Trinajstić information content (AvgIpc) is 3.15. The number of rotatable bonds is 11. The van der Waals surface area contributed by atoms with Gasteiger partial charge < -0.3 is 25.4 Å². The highest BCUT2D eigenvalue weighted by Crippen LogP contribution is 2.24. The first kappa shape index (κ1) is 21.8. The number of aromatic hydroxyl groups is 1. The van der Waals surface area contributed by atoms with Crippen molar-refractivity contribution in [2.24, 2.45) is 0 Å². The smallest absolute Gasteiger partial charge is 0.227 e. The zero-order valence-electron chi connectivity index (χ0n) is 17.4. The lowest BCUT2D eigenvalue weighted by molar-refractivity contribution is 0.271. The van der Waals surface area contributed by atoms with Gasteiger partial charge in [0.2, 0.25) is 5.95 Å². The number of hydrogen-bond donors (Lipinski definition) is 4. The van der Waals surface area contributed by atoms with Crippen LogP contribution in [-0.4, -0.2) is 42.4 Å². The molecule has 1 atom stereocenters. The molecule has 162 valence electrons. The Morgan fingerprint density at radius 3 is 2.77 bits per heavy atom. The number of nitrogens with zero attached hydrogens (tertiary/aromatic N) is 4. The lowest BCUT2D eigenvalue weighted by Gasteiger charge is -2.16. The summed E-state index contributed by atoms with van der Waals surface area (Å²) in [5.41, 5.74) is 1.70. The summed E-state index contributed by atoms with van der Waals surface area (Å²) in [5.74, 6) is 0.442. The quantitative estimate of drug-likeness (QED) is 0.353. The van der Waals surface area contributed by atoms with Gasteiger partial charge in [-0.05, 0) is 31.0 Å². The molecule has 1 aromatic carbocycles. The molecular weight excluding hydrogens is 387 g/mol. The molecule has 0 radical (unpaired) electrons. The van der Waals surface area contributed by atoms with Gasteiger partial charge in [0.25, 0.3) is 0 Å². The van der Waals surface area contributed by atoms with E-state index in [0.717, 1.165) is 25.8 Å². The predicted octanol–water partition coefficient (Wildman–Crippen LogP) is 3.66. The molecule has 0 fully saturated rings. The van der Waals surface area contributed by atoms with Crippen LogP contribution in [0.5, 0.6) is 5.75 Å². The Labute approximate surface area is 175 Å². The predicted molar refractivity (Wildman–Crippen MR) is 115 cm³/mol. The van der Waals surface area contributed by atoms with E-state index in [9.17, 15) is 14.6 Å². The number of aromatic nitrogens is 4. The molecule has 8 nitrogen and oxygen atoms in total. The van der Waals surface area contributed by atoms with Gasteiger partial charge in [0.15, 0.2) is 17.0 Å². The van der Waals surface area contributed by atoms with Crippen molar-refractivity contribution in [3.05, 3.63) is 35.9 Å². The van der Waals surface area contributed by atoms with Crippen molar-refractivity contribution in [3.63, 3.8) is 0 Å². The average molecular weight is 417 g/mol. The molecule has 3 rings (SSSR count). The minimum atomic E-state index is -0.422. The Bertz CT molecular complexity index is 974. The van der Waals surface area contributed by atoms with Gasteiger partial charge in [0.05, 0.1) is 19.0 Å². The van der Waals surface area contributed by atoms with Gasteiger partial charge in [-0.15, -0.1) is 0 Å². The van der Waals surface area contributed by atoms with Gasteiger partial charge in [-0.3, -0.25) is 0 Å². The highest BCUT2D eigenvalue weighted by molar-refractivity contribution is 5.84. The molecule has 0 saturated carbocycles. The molecule has 0 amide bonds. The summed E-state index contributed by atoms with van der Waals surface area (Å²) in [6.45, 7) is 5.05. The summed E-state index contributed by atoms with van der Waals surface area (Å²) >= 11 is 0. The second-order valence-corrected chi connectivity index (χ2v) is 7.27. The van der Waals surface area contributed by atoms with Crippen molar-refractivity contribution in [1.82, 2.24) is 19.5 Å². The molecule has 0 aliphatic rings. The third-order valence-electron chi connectivity index (χ3n) is 5.00. The first-order valence-electron chi connectivity index (χ1n) is 10.4. The summed E-state index contributed by atoms with van der Waals surface area (Å²) in [7, 11) is 0. The number of fused-ring (bicyclic) bond motifs is 1. The Kier molecular flexibility index (Phi) is 7.40. The van der Waals surface area contributed by atoms with Gasteiger partial charge >= 0.3 is 0 Å². The number of aryl methyl sites for hydroxylation is 1. The van der Waals surface area contributed by atoms with Crippen molar-refractivity contribution in [1.29, 1.82) is 0 Å². The van der Waals surface area contributed by atoms with Crippen LogP contribution >= 0.6 is 0 Å². The van der Waals surface area contributed by atoms with E-state index in [1.807, 2.05) is 11.5 Å². The Hall–Kier alpha value is -2.94. The molecule has 0 aliphatic heterocycles. The summed E-state index contributed by atoms with van der Waals surface area (Å²) in [6.07, 6.45) is 5.71. The molecule has 1 unspecified atom stereocenters. The number of hydrogen-bond acceptors (Lipinski definition) is 7. The van der Waals surface area contributed by atoms with Crippen LogP contribution in [-0.2, 0) is 13.1 Å². The first-order valence-corrected chi connectivity index (χ1v) is 10.4. The lowest BCUT2D eigenvalue weighted by atomic mass is 10.2. The second-order valence-electron chi connectivity index (χ2n) is 7.27. The first-order chi connectivity index (χ1) is 14.5.